The molecule has 1 aliphatic carbocycles. The zero-order valence-corrected chi connectivity index (χ0v) is 14.9. The third-order valence-electron chi connectivity index (χ3n) is 5.49. The summed E-state index contributed by atoms with van der Waals surface area (Å²) in [5, 5.41) is 3.36. The zero-order valence-electron chi connectivity index (χ0n) is 14.9. The third-order valence-corrected chi connectivity index (χ3v) is 5.49. The molecule has 23 heavy (non-hydrogen) atoms. The molecule has 2 heteroatoms. The predicted molar refractivity (Wildman–Crippen MR) is 97.7 cm³/mol. The molecule has 1 heterocycles. The zero-order chi connectivity index (χ0) is 16.3. The molecule has 1 aromatic rings. The normalized spacial score (nSPS) is 25.8. The van der Waals surface area contributed by atoms with Gasteiger partial charge in [-0.3, -0.25) is 0 Å². The first-order valence-corrected chi connectivity index (χ1v) is 9.19. The van der Waals surface area contributed by atoms with Gasteiger partial charge in [0, 0.05) is 6.54 Å². The molecule has 1 aliphatic heterocycles. The van der Waals surface area contributed by atoms with Gasteiger partial charge < -0.3 is 10.1 Å². The van der Waals surface area contributed by atoms with Crippen LogP contribution in [0, 0.1) is 11.3 Å². The highest BCUT2D eigenvalue weighted by Crippen LogP contribution is 2.38. The van der Waals surface area contributed by atoms with E-state index in [4.69, 9.17) is 4.74 Å². The summed E-state index contributed by atoms with van der Waals surface area (Å²) in [6.07, 6.45) is 8.81. The average molecular weight is 313 g/mol. The Morgan fingerprint density at radius 3 is 2.26 bits per heavy atom. The fourth-order valence-corrected chi connectivity index (χ4v) is 3.87. The smallest absolute Gasteiger partial charge is 0.119 e. The Bertz CT molecular complexity index is 530. The number of hydrogen-bond donors (Lipinski definition) is 1. The molecular formula is C21H31NO. The van der Waals surface area contributed by atoms with Crippen molar-refractivity contribution in [1.29, 1.82) is 0 Å². The molecule has 2 nitrogen and oxygen atoms in total. The molecule has 0 saturated heterocycles. The maximum atomic E-state index is 6.23. The molecule has 1 N–H and O–H groups in total. The van der Waals surface area contributed by atoms with Crippen LogP contribution in [-0.2, 0) is 0 Å². The Labute approximate surface area is 141 Å². The Kier molecular flexibility index (Phi) is 5.11. The van der Waals surface area contributed by atoms with Crippen molar-refractivity contribution in [2.45, 2.75) is 59.0 Å². The van der Waals surface area contributed by atoms with Gasteiger partial charge in [-0.1, -0.05) is 39.0 Å². The SMILES string of the molecule is CC(C)(C)[C@H]1CC[C@H](Oc2ccc(C3=CCNCC3)cc2)CC1. The molecule has 0 amide bonds. The van der Waals surface area contributed by atoms with Crippen LogP contribution in [0.15, 0.2) is 30.3 Å². The van der Waals surface area contributed by atoms with Crippen LogP contribution in [0.4, 0.5) is 0 Å². The van der Waals surface area contributed by atoms with Crippen molar-refractivity contribution in [2.24, 2.45) is 11.3 Å². The van der Waals surface area contributed by atoms with E-state index in [1.807, 2.05) is 0 Å². The van der Waals surface area contributed by atoms with E-state index in [1.54, 1.807) is 0 Å². The summed E-state index contributed by atoms with van der Waals surface area (Å²) in [5.41, 5.74) is 3.24. The van der Waals surface area contributed by atoms with Crippen LogP contribution in [0.1, 0.15) is 58.4 Å². The largest absolute Gasteiger partial charge is 0.490 e. The molecule has 0 atom stereocenters. The van der Waals surface area contributed by atoms with Gasteiger partial charge in [0.2, 0.25) is 0 Å². The standard InChI is InChI=1S/C21H31NO/c1-21(2,3)18-6-10-20(11-7-18)23-19-8-4-16(5-9-19)17-12-14-22-15-13-17/h4-5,8-9,12,18,20,22H,6-7,10-11,13-15H2,1-3H3/t18-,20-. The second-order valence-electron chi connectivity index (χ2n) is 8.17. The molecule has 1 fully saturated rings. The van der Waals surface area contributed by atoms with Gasteiger partial charge in [-0.2, -0.15) is 0 Å². The maximum absolute atomic E-state index is 6.23. The minimum Gasteiger partial charge on any atom is -0.490 e. The van der Waals surface area contributed by atoms with E-state index in [-0.39, 0.29) is 0 Å². The predicted octanol–water partition coefficient (Wildman–Crippen LogP) is 5.05. The molecule has 1 saturated carbocycles. The van der Waals surface area contributed by atoms with Crippen molar-refractivity contribution in [3.05, 3.63) is 35.9 Å². The Balaban J connectivity index is 1.54. The fourth-order valence-electron chi connectivity index (χ4n) is 3.87. The van der Waals surface area contributed by atoms with Crippen molar-refractivity contribution in [1.82, 2.24) is 5.32 Å². The van der Waals surface area contributed by atoms with Gasteiger partial charge in [-0.05, 0) is 73.3 Å². The van der Waals surface area contributed by atoms with Crippen LogP contribution < -0.4 is 10.1 Å². The van der Waals surface area contributed by atoms with Gasteiger partial charge in [-0.15, -0.1) is 0 Å². The summed E-state index contributed by atoms with van der Waals surface area (Å²) < 4.78 is 6.23. The molecule has 0 aromatic heterocycles. The van der Waals surface area contributed by atoms with E-state index in [2.05, 4.69) is 56.4 Å². The second kappa shape index (κ2) is 7.09. The van der Waals surface area contributed by atoms with Crippen LogP contribution in [0.2, 0.25) is 0 Å². The number of nitrogens with one attached hydrogen (secondary N) is 1. The highest BCUT2D eigenvalue weighted by molar-refractivity contribution is 5.67. The Hall–Kier alpha value is -1.28. The van der Waals surface area contributed by atoms with Gasteiger partial charge >= 0.3 is 0 Å². The Morgan fingerprint density at radius 2 is 1.70 bits per heavy atom. The van der Waals surface area contributed by atoms with E-state index in [0.717, 1.165) is 31.2 Å². The number of rotatable bonds is 3. The lowest BCUT2D eigenvalue weighted by molar-refractivity contribution is 0.0882. The highest BCUT2D eigenvalue weighted by atomic mass is 16.5. The summed E-state index contributed by atoms with van der Waals surface area (Å²) in [6, 6.07) is 8.72. The van der Waals surface area contributed by atoms with Crippen LogP contribution in [0.5, 0.6) is 5.75 Å². The number of ether oxygens (including phenoxy) is 1. The molecule has 0 unspecified atom stereocenters. The summed E-state index contributed by atoms with van der Waals surface area (Å²) in [5.74, 6) is 1.87. The van der Waals surface area contributed by atoms with E-state index in [9.17, 15) is 0 Å². The fraction of sp³-hybridized carbons (Fsp3) is 0.619. The summed E-state index contributed by atoms with van der Waals surface area (Å²) in [7, 11) is 0. The maximum Gasteiger partial charge on any atom is 0.119 e. The van der Waals surface area contributed by atoms with E-state index in [0.29, 0.717) is 11.5 Å². The Morgan fingerprint density at radius 1 is 1.00 bits per heavy atom. The topological polar surface area (TPSA) is 21.3 Å². The molecular weight excluding hydrogens is 282 g/mol. The van der Waals surface area contributed by atoms with Crippen LogP contribution >= 0.6 is 0 Å². The van der Waals surface area contributed by atoms with Gasteiger partial charge in [0.1, 0.15) is 5.75 Å². The number of benzene rings is 1. The first kappa shape index (κ1) is 16.6. The van der Waals surface area contributed by atoms with Crippen molar-refractivity contribution in [3.8, 4) is 5.75 Å². The first-order chi connectivity index (χ1) is 11.0. The molecule has 0 radical (unpaired) electrons. The van der Waals surface area contributed by atoms with E-state index in [1.165, 1.54) is 36.8 Å². The van der Waals surface area contributed by atoms with Gasteiger partial charge in [0.05, 0.1) is 6.10 Å². The highest BCUT2D eigenvalue weighted by Gasteiger charge is 2.30. The lowest BCUT2D eigenvalue weighted by atomic mass is 9.72. The molecule has 2 aliphatic rings. The van der Waals surface area contributed by atoms with Crippen molar-refractivity contribution < 1.29 is 4.74 Å². The molecule has 0 spiro atoms. The minimum absolute atomic E-state index is 0.401. The first-order valence-electron chi connectivity index (χ1n) is 9.19. The summed E-state index contributed by atoms with van der Waals surface area (Å²) >= 11 is 0. The average Bonchev–Trinajstić information content (AvgIpc) is 2.56. The summed E-state index contributed by atoms with van der Waals surface area (Å²) in [6.45, 7) is 9.18. The lowest BCUT2D eigenvalue weighted by Gasteiger charge is -2.36. The van der Waals surface area contributed by atoms with E-state index < -0.39 is 0 Å². The van der Waals surface area contributed by atoms with Crippen molar-refractivity contribution >= 4 is 5.57 Å². The third kappa shape index (κ3) is 4.38. The van der Waals surface area contributed by atoms with Gasteiger partial charge in [0.15, 0.2) is 0 Å². The molecule has 1 aromatic carbocycles. The van der Waals surface area contributed by atoms with Crippen LogP contribution in [-0.4, -0.2) is 19.2 Å². The number of hydrogen-bond acceptors (Lipinski definition) is 2. The van der Waals surface area contributed by atoms with Crippen LogP contribution in [0.3, 0.4) is 0 Å². The van der Waals surface area contributed by atoms with Gasteiger partial charge in [-0.25, -0.2) is 0 Å². The lowest BCUT2D eigenvalue weighted by Crippen LogP contribution is -2.30. The van der Waals surface area contributed by atoms with Gasteiger partial charge in [0.25, 0.3) is 0 Å². The molecule has 0 bridgehead atoms. The van der Waals surface area contributed by atoms with Crippen LogP contribution in [0.25, 0.3) is 5.57 Å². The minimum atomic E-state index is 0.401. The van der Waals surface area contributed by atoms with Crippen molar-refractivity contribution in [3.63, 3.8) is 0 Å². The second-order valence-corrected chi connectivity index (χ2v) is 8.17. The molecule has 3 rings (SSSR count). The summed E-state index contributed by atoms with van der Waals surface area (Å²) in [4.78, 5) is 0. The van der Waals surface area contributed by atoms with E-state index >= 15 is 0 Å². The van der Waals surface area contributed by atoms with Crippen molar-refractivity contribution in [2.75, 3.05) is 13.1 Å². The monoisotopic (exact) mass is 313 g/mol. The quantitative estimate of drug-likeness (QED) is 0.843. The molecule has 126 valence electrons.